The minimum absolute atomic E-state index is 0.243. The zero-order valence-corrected chi connectivity index (χ0v) is 7.24. The molecule has 0 aromatic carbocycles. The van der Waals surface area contributed by atoms with E-state index < -0.39 is 0 Å². The standard InChI is InChI=1S/C9H12O3/c1-3-11-9(10)7(2)8-5-4-6-12-8/h4-7H,3H2,1-2H3/t7-/m0/s1. The van der Waals surface area contributed by atoms with Crippen LogP contribution in [-0.4, -0.2) is 12.6 Å². The van der Waals surface area contributed by atoms with Crippen molar-refractivity contribution in [3.63, 3.8) is 0 Å². The minimum Gasteiger partial charge on any atom is -0.468 e. The summed E-state index contributed by atoms with van der Waals surface area (Å²) in [5.41, 5.74) is 0. The number of hydrogen-bond donors (Lipinski definition) is 0. The van der Waals surface area contributed by atoms with E-state index >= 15 is 0 Å². The lowest BCUT2D eigenvalue weighted by molar-refractivity contribution is -0.144. The molecule has 3 heteroatoms. The van der Waals surface area contributed by atoms with Crippen LogP contribution in [0.3, 0.4) is 0 Å². The maximum atomic E-state index is 11.2. The van der Waals surface area contributed by atoms with E-state index in [1.165, 1.54) is 0 Å². The molecule has 0 bridgehead atoms. The van der Waals surface area contributed by atoms with Crippen LogP contribution in [0, 0.1) is 0 Å². The Hall–Kier alpha value is -1.25. The second-order valence-electron chi connectivity index (χ2n) is 2.49. The Bertz CT molecular complexity index is 238. The van der Waals surface area contributed by atoms with Gasteiger partial charge in [0.15, 0.2) is 0 Å². The van der Waals surface area contributed by atoms with Gasteiger partial charge in [-0.05, 0) is 26.0 Å². The Balaban J connectivity index is 2.59. The van der Waals surface area contributed by atoms with Crippen molar-refractivity contribution in [2.24, 2.45) is 0 Å². The Labute approximate surface area is 71.3 Å². The van der Waals surface area contributed by atoms with Gasteiger partial charge in [0.1, 0.15) is 11.7 Å². The molecule has 1 aromatic rings. The van der Waals surface area contributed by atoms with E-state index in [0.29, 0.717) is 12.4 Å². The molecule has 0 aliphatic carbocycles. The van der Waals surface area contributed by atoms with E-state index in [9.17, 15) is 4.79 Å². The molecule has 1 aromatic heterocycles. The summed E-state index contributed by atoms with van der Waals surface area (Å²) in [6, 6.07) is 3.52. The van der Waals surface area contributed by atoms with Gasteiger partial charge in [-0.3, -0.25) is 4.79 Å². The molecule has 0 saturated carbocycles. The SMILES string of the molecule is CCOC(=O)[C@@H](C)c1ccco1. The zero-order valence-electron chi connectivity index (χ0n) is 7.24. The van der Waals surface area contributed by atoms with Crippen molar-refractivity contribution in [2.75, 3.05) is 6.61 Å². The molecule has 0 spiro atoms. The summed E-state index contributed by atoms with van der Waals surface area (Å²) in [7, 11) is 0. The zero-order chi connectivity index (χ0) is 8.97. The lowest BCUT2D eigenvalue weighted by atomic mass is 10.1. The highest BCUT2D eigenvalue weighted by Crippen LogP contribution is 2.16. The number of hydrogen-bond acceptors (Lipinski definition) is 3. The third-order valence-electron chi connectivity index (χ3n) is 1.61. The van der Waals surface area contributed by atoms with Gasteiger partial charge >= 0.3 is 5.97 Å². The van der Waals surface area contributed by atoms with Crippen molar-refractivity contribution in [3.8, 4) is 0 Å². The van der Waals surface area contributed by atoms with Crippen molar-refractivity contribution in [3.05, 3.63) is 24.2 Å². The van der Waals surface area contributed by atoms with Crippen LogP contribution in [0.15, 0.2) is 22.8 Å². The maximum absolute atomic E-state index is 11.2. The Kier molecular flexibility index (Phi) is 2.91. The molecule has 0 aliphatic rings. The molecule has 3 nitrogen and oxygen atoms in total. The van der Waals surface area contributed by atoms with Gasteiger partial charge in [0.05, 0.1) is 12.9 Å². The quantitative estimate of drug-likeness (QED) is 0.647. The summed E-state index contributed by atoms with van der Waals surface area (Å²) in [5, 5.41) is 0. The second kappa shape index (κ2) is 3.95. The van der Waals surface area contributed by atoms with Crippen LogP contribution in [0.25, 0.3) is 0 Å². The van der Waals surface area contributed by atoms with Crippen molar-refractivity contribution in [2.45, 2.75) is 19.8 Å². The largest absolute Gasteiger partial charge is 0.468 e. The number of rotatable bonds is 3. The van der Waals surface area contributed by atoms with Gasteiger partial charge in [0.25, 0.3) is 0 Å². The highest BCUT2D eigenvalue weighted by Gasteiger charge is 2.18. The molecule has 0 aliphatic heterocycles. The van der Waals surface area contributed by atoms with Gasteiger partial charge in [0, 0.05) is 0 Å². The highest BCUT2D eigenvalue weighted by atomic mass is 16.5. The van der Waals surface area contributed by atoms with Crippen LogP contribution < -0.4 is 0 Å². The predicted octanol–water partition coefficient (Wildman–Crippen LogP) is 1.95. The number of carbonyl (C=O) groups excluding carboxylic acids is 1. The molecule has 1 heterocycles. The molecule has 12 heavy (non-hydrogen) atoms. The van der Waals surface area contributed by atoms with Crippen LogP contribution in [0.4, 0.5) is 0 Å². The average Bonchev–Trinajstić information content (AvgIpc) is 2.55. The lowest BCUT2D eigenvalue weighted by Gasteiger charge is -2.06. The normalized spacial score (nSPS) is 12.5. The molecule has 1 rings (SSSR count). The monoisotopic (exact) mass is 168 g/mol. The van der Waals surface area contributed by atoms with Gasteiger partial charge in [0.2, 0.25) is 0 Å². The molecule has 0 fully saturated rings. The lowest BCUT2D eigenvalue weighted by Crippen LogP contribution is -2.12. The summed E-state index contributed by atoms with van der Waals surface area (Å²) in [6.07, 6.45) is 1.55. The fourth-order valence-corrected chi connectivity index (χ4v) is 0.921. The first-order valence-electron chi connectivity index (χ1n) is 3.95. The molecular weight excluding hydrogens is 156 g/mol. The van der Waals surface area contributed by atoms with Crippen molar-refractivity contribution in [1.29, 1.82) is 0 Å². The molecule has 1 atom stereocenters. The molecule has 66 valence electrons. The van der Waals surface area contributed by atoms with E-state index in [2.05, 4.69) is 0 Å². The molecule has 0 unspecified atom stereocenters. The van der Waals surface area contributed by atoms with Crippen LogP contribution >= 0.6 is 0 Å². The third-order valence-corrected chi connectivity index (χ3v) is 1.61. The number of carbonyl (C=O) groups is 1. The van der Waals surface area contributed by atoms with Crippen LogP contribution in [0.2, 0.25) is 0 Å². The van der Waals surface area contributed by atoms with Gasteiger partial charge in [-0.15, -0.1) is 0 Å². The van der Waals surface area contributed by atoms with Crippen LogP contribution in [0.1, 0.15) is 25.5 Å². The first kappa shape index (κ1) is 8.84. The van der Waals surface area contributed by atoms with Crippen LogP contribution in [-0.2, 0) is 9.53 Å². The van der Waals surface area contributed by atoms with Crippen molar-refractivity contribution >= 4 is 5.97 Å². The second-order valence-corrected chi connectivity index (χ2v) is 2.49. The Morgan fingerprint density at radius 3 is 3.00 bits per heavy atom. The Morgan fingerprint density at radius 2 is 2.50 bits per heavy atom. The van der Waals surface area contributed by atoms with Gasteiger partial charge in [-0.25, -0.2) is 0 Å². The average molecular weight is 168 g/mol. The first-order valence-corrected chi connectivity index (χ1v) is 3.95. The maximum Gasteiger partial charge on any atom is 0.316 e. The van der Waals surface area contributed by atoms with Crippen molar-refractivity contribution in [1.82, 2.24) is 0 Å². The van der Waals surface area contributed by atoms with E-state index in [0.717, 1.165) is 0 Å². The minimum atomic E-state index is -0.306. The van der Waals surface area contributed by atoms with Crippen LogP contribution in [0.5, 0.6) is 0 Å². The smallest absolute Gasteiger partial charge is 0.316 e. The van der Waals surface area contributed by atoms with E-state index in [-0.39, 0.29) is 11.9 Å². The molecule has 0 saturated heterocycles. The summed E-state index contributed by atoms with van der Waals surface area (Å²) in [4.78, 5) is 11.2. The molecule has 0 amide bonds. The van der Waals surface area contributed by atoms with Gasteiger partial charge < -0.3 is 9.15 Å². The summed E-state index contributed by atoms with van der Waals surface area (Å²) >= 11 is 0. The fourth-order valence-electron chi connectivity index (χ4n) is 0.921. The summed E-state index contributed by atoms with van der Waals surface area (Å²) in [6.45, 7) is 3.95. The molecular formula is C9H12O3. The predicted molar refractivity (Wildman–Crippen MR) is 43.8 cm³/mol. The highest BCUT2D eigenvalue weighted by molar-refractivity contribution is 5.76. The number of furan rings is 1. The topological polar surface area (TPSA) is 39.4 Å². The number of esters is 1. The van der Waals surface area contributed by atoms with E-state index in [4.69, 9.17) is 9.15 Å². The first-order chi connectivity index (χ1) is 5.75. The van der Waals surface area contributed by atoms with E-state index in [1.54, 1.807) is 32.2 Å². The van der Waals surface area contributed by atoms with Crippen molar-refractivity contribution < 1.29 is 13.9 Å². The van der Waals surface area contributed by atoms with Gasteiger partial charge in [-0.2, -0.15) is 0 Å². The van der Waals surface area contributed by atoms with Gasteiger partial charge in [-0.1, -0.05) is 0 Å². The summed E-state index contributed by atoms with van der Waals surface area (Å²) in [5.74, 6) is 0.0980. The number of ether oxygens (including phenoxy) is 1. The van der Waals surface area contributed by atoms with E-state index in [1.807, 2.05) is 0 Å². The Morgan fingerprint density at radius 1 is 1.75 bits per heavy atom. The molecule has 0 N–H and O–H groups in total. The fraction of sp³-hybridized carbons (Fsp3) is 0.444. The third kappa shape index (κ3) is 1.87. The summed E-state index contributed by atoms with van der Waals surface area (Å²) < 4.78 is 9.89. The molecule has 0 radical (unpaired) electrons.